The highest BCUT2D eigenvalue weighted by molar-refractivity contribution is 7.99. The van der Waals surface area contributed by atoms with Crippen LogP contribution in [0.5, 0.6) is 5.75 Å². The number of phenolic OH excluding ortho intramolecular Hbond substituents is 1. The SMILES string of the molecule is [CH2]CSc1ccc(O)cc1. The van der Waals surface area contributed by atoms with Gasteiger partial charge in [0.2, 0.25) is 0 Å². The minimum atomic E-state index is 0.313. The highest BCUT2D eigenvalue weighted by Crippen LogP contribution is 2.19. The Kier molecular flexibility index (Phi) is 2.63. The fourth-order valence-electron chi connectivity index (χ4n) is 0.660. The number of benzene rings is 1. The Morgan fingerprint density at radius 1 is 1.30 bits per heavy atom. The second kappa shape index (κ2) is 3.52. The van der Waals surface area contributed by atoms with Crippen LogP contribution in [0.1, 0.15) is 0 Å². The molecule has 0 aliphatic rings. The number of phenols is 1. The van der Waals surface area contributed by atoms with Gasteiger partial charge in [0.1, 0.15) is 5.75 Å². The first kappa shape index (κ1) is 7.48. The van der Waals surface area contributed by atoms with Gasteiger partial charge in [-0.25, -0.2) is 0 Å². The average Bonchev–Trinajstić information content (AvgIpc) is 1.95. The van der Waals surface area contributed by atoms with Crippen molar-refractivity contribution in [2.24, 2.45) is 0 Å². The molecule has 0 fully saturated rings. The first-order valence-corrected chi connectivity index (χ1v) is 4.02. The molecule has 0 unspecified atom stereocenters. The molecule has 0 spiro atoms. The van der Waals surface area contributed by atoms with Gasteiger partial charge in [-0.2, -0.15) is 0 Å². The van der Waals surface area contributed by atoms with Gasteiger partial charge < -0.3 is 5.11 Å². The number of rotatable bonds is 2. The molecule has 10 heavy (non-hydrogen) atoms. The quantitative estimate of drug-likeness (QED) is 0.658. The van der Waals surface area contributed by atoms with E-state index in [1.54, 1.807) is 23.9 Å². The normalized spacial score (nSPS) is 9.70. The van der Waals surface area contributed by atoms with E-state index in [9.17, 15) is 0 Å². The van der Waals surface area contributed by atoms with Gasteiger partial charge >= 0.3 is 0 Å². The molecule has 1 radical (unpaired) electrons. The second-order valence-electron chi connectivity index (χ2n) is 1.84. The summed E-state index contributed by atoms with van der Waals surface area (Å²) in [5.41, 5.74) is 0. The first-order chi connectivity index (χ1) is 4.83. The number of hydrogen-bond donors (Lipinski definition) is 1. The van der Waals surface area contributed by atoms with Crippen LogP contribution in [0.3, 0.4) is 0 Å². The zero-order valence-corrected chi connectivity index (χ0v) is 6.40. The number of hydrogen-bond acceptors (Lipinski definition) is 2. The van der Waals surface area contributed by atoms with Crippen LogP contribution in [0.4, 0.5) is 0 Å². The molecule has 2 heteroatoms. The Hall–Kier alpha value is -0.630. The van der Waals surface area contributed by atoms with E-state index >= 15 is 0 Å². The lowest BCUT2D eigenvalue weighted by molar-refractivity contribution is 0.475. The molecule has 0 aliphatic carbocycles. The molecular formula is C8H9OS. The minimum Gasteiger partial charge on any atom is -0.508 e. The predicted octanol–water partition coefficient (Wildman–Crippen LogP) is 2.32. The zero-order chi connectivity index (χ0) is 7.40. The van der Waals surface area contributed by atoms with E-state index in [1.807, 2.05) is 12.1 Å². The molecule has 1 aromatic carbocycles. The summed E-state index contributed by atoms with van der Waals surface area (Å²) in [6, 6.07) is 7.12. The Morgan fingerprint density at radius 2 is 1.90 bits per heavy atom. The van der Waals surface area contributed by atoms with Crippen LogP contribution in [0.2, 0.25) is 0 Å². The summed E-state index contributed by atoms with van der Waals surface area (Å²) >= 11 is 1.66. The van der Waals surface area contributed by atoms with E-state index in [-0.39, 0.29) is 0 Å². The molecule has 0 aromatic heterocycles. The highest BCUT2D eigenvalue weighted by atomic mass is 32.2. The van der Waals surface area contributed by atoms with Gasteiger partial charge in [0.25, 0.3) is 0 Å². The zero-order valence-electron chi connectivity index (χ0n) is 5.58. The summed E-state index contributed by atoms with van der Waals surface area (Å²) in [5.74, 6) is 1.14. The summed E-state index contributed by atoms with van der Waals surface area (Å²) in [4.78, 5) is 1.15. The summed E-state index contributed by atoms with van der Waals surface area (Å²) in [6.07, 6.45) is 0. The fraction of sp³-hybridized carbons (Fsp3) is 0.125. The Morgan fingerprint density at radius 3 is 2.40 bits per heavy atom. The Bertz CT molecular complexity index is 193. The molecule has 0 amide bonds. The van der Waals surface area contributed by atoms with Crippen molar-refractivity contribution in [3.05, 3.63) is 31.2 Å². The van der Waals surface area contributed by atoms with Crippen molar-refractivity contribution in [1.82, 2.24) is 0 Å². The van der Waals surface area contributed by atoms with E-state index in [4.69, 9.17) is 5.11 Å². The van der Waals surface area contributed by atoms with E-state index in [1.165, 1.54) is 0 Å². The third-order valence-electron chi connectivity index (χ3n) is 1.11. The second-order valence-corrected chi connectivity index (χ2v) is 3.01. The van der Waals surface area contributed by atoms with Crippen LogP contribution in [0, 0.1) is 6.92 Å². The van der Waals surface area contributed by atoms with Gasteiger partial charge in [-0.1, -0.05) is 0 Å². The average molecular weight is 153 g/mol. The molecule has 0 atom stereocenters. The molecule has 0 saturated heterocycles. The van der Waals surface area contributed by atoms with Crippen LogP contribution in [-0.4, -0.2) is 10.9 Å². The van der Waals surface area contributed by atoms with Crippen LogP contribution in [0.15, 0.2) is 29.2 Å². The van der Waals surface area contributed by atoms with E-state index in [0.29, 0.717) is 5.75 Å². The maximum absolute atomic E-state index is 8.90. The summed E-state index contributed by atoms with van der Waals surface area (Å²) in [6.45, 7) is 3.70. The van der Waals surface area contributed by atoms with Crippen molar-refractivity contribution in [2.75, 3.05) is 5.75 Å². The van der Waals surface area contributed by atoms with Crippen molar-refractivity contribution < 1.29 is 5.11 Å². The molecule has 0 heterocycles. The molecule has 1 rings (SSSR count). The van der Waals surface area contributed by atoms with Crippen molar-refractivity contribution >= 4 is 11.8 Å². The van der Waals surface area contributed by atoms with E-state index in [2.05, 4.69) is 6.92 Å². The van der Waals surface area contributed by atoms with E-state index in [0.717, 1.165) is 10.6 Å². The van der Waals surface area contributed by atoms with Crippen LogP contribution >= 0.6 is 11.8 Å². The molecule has 0 saturated carbocycles. The van der Waals surface area contributed by atoms with Crippen LogP contribution in [-0.2, 0) is 0 Å². The molecule has 1 nitrogen and oxygen atoms in total. The van der Waals surface area contributed by atoms with E-state index < -0.39 is 0 Å². The van der Waals surface area contributed by atoms with Crippen molar-refractivity contribution in [3.63, 3.8) is 0 Å². The summed E-state index contributed by atoms with van der Waals surface area (Å²) in [5, 5.41) is 8.90. The Balaban J connectivity index is 2.69. The van der Waals surface area contributed by atoms with Crippen molar-refractivity contribution in [3.8, 4) is 5.75 Å². The van der Waals surface area contributed by atoms with Crippen molar-refractivity contribution in [2.45, 2.75) is 4.90 Å². The molecule has 53 valence electrons. The third-order valence-corrected chi connectivity index (χ3v) is 1.92. The van der Waals surface area contributed by atoms with Gasteiger partial charge in [-0.15, -0.1) is 11.8 Å². The molecule has 1 N–H and O–H groups in total. The smallest absolute Gasteiger partial charge is 0.115 e. The Labute approximate surface area is 65.1 Å². The molecule has 0 bridgehead atoms. The number of thioether (sulfide) groups is 1. The van der Waals surface area contributed by atoms with Gasteiger partial charge in [0, 0.05) is 4.90 Å². The first-order valence-electron chi connectivity index (χ1n) is 3.04. The van der Waals surface area contributed by atoms with Gasteiger partial charge in [-0.05, 0) is 36.9 Å². The molecular weight excluding hydrogens is 144 g/mol. The van der Waals surface area contributed by atoms with Crippen LogP contribution < -0.4 is 0 Å². The molecule has 1 aromatic rings. The third kappa shape index (κ3) is 1.95. The summed E-state index contributed by atoms with van der Waals surface area (Å²) < 4.78 is 0. The summed E-state index contributed by atoms with van der Waals surface area (Å²) in [7, 11) is 0. The lowest BCUT2D eigenvalue weighted by atomic mass is 10.3. The van der Waals surface area contributed by atoms with Crippen LogP contribution in [0.25, 0.3) is 0 Å². The monoisotopic (exact) mass is 153 g/mol. The topological polar surface area (TPSA) is 20.2 Å². The lowest BCUT2D eigenvalue weighted by Gasteiger charge is -1.96. The maximum Gasteiger partial charge on any atom is 0.115 e. The molecule has 0 aliphatic heterocycles. The standard InChI is InChI=1S/C8H9OS/c1-2-10-8-5-3-7(9)4-6-8/h3-6,9H,1-2H2. The largest absolute Gasteiger partial charge is 0.508 e. The van der Waals surface area contributed by atoms with Gasteiger partial charge in [-0.3, -0.25) is 0 Å². The minimum absolute atomic E-state index is 0.313. The lowest BCUT2D eigenvalue weighted by Crippen LogP contribution is -1.70. The maximum atomic E-state index is 8.90. The highest BCUT2D eigenvalue weighted by Gasteiger charge is 1.89. The van der Waals surface area contributed by atoms with Gasteiger partial charge in [0.15, 0.2) is 0 Å². The van der Waals surface area contributed by atoms with Crippen molar-refractivity contribution in [1.29, 1.82) is 0 Å². The predicted molar refractivity (Wildman–Crippen MR) is 44.2 cm³/mol. The fourth-order valence-corrected chi connectivity index (χ4v) is 1.22. The number of aromatic hydroxyl groups is 1. The van der Waals surface area contributed by atoms with Gasteiger partial charge in [0.05, 0.1) is 0 Å².